The highest BCUT2D eigenvalue weighted by Gasteiger charge is 2.18. The molecule has 0 bridgehead atoms. The number of rotatable bonds is 3. The maximum atomic E-state index is 10.5. The predicted octanol–water partition coefficient (Wildman–Crippen LogP) is 1.01. The number of nitro groups is 1. The summed E-state index contributed by atoms with van der Waals surface area (Å²) in [6.45, 7) is 0. The molecule has 0 saturated carbocycles. The van der Waals surface area contributed by atoms with E-state index in [-0.39, 0.29) is 17.4 Å². The summed E-state index contributed by atoms with van der Waals surface area (Å²) >= 11 is 0. The largest absolute Gasteiger partial charge is 0.489 e. The van der Waals surface area contributed by atoms with Crippen molar-refractivity contribution >= 4 is 5.82 Å². The molecule has 70 valence electrons. The van der Waals surface area contributed by atoms with Crippen LogP contribution in [0.1, 0.15) is 0 Å². The van der Waals surface area contributed by atoms with Crippen LogP contribution >= 0.6 is 0 Å². The molecule has 6 nitrogen and oxygen atoms in total. The van der Waals surface area contributed by atoms with Gasteiger partial charge in [-0.15, -0.1) is 0 Å². The zero-order valence-electron chi connectivity index (χ0n) is 7.18. The Hall–Kier alpha value is -1.85. The molecule has 0 N–H and O–H groups in total. The molecular weight excluding hydrogens is 176 g/mol. The molecule has 0 saturated heterocycles. The topological polar surface area (TPSA) is 74.5 Å². The average molecular weight is 184 g/mol. The Morgan fingerprint density at radius 1 is 1.38 bits per heavy atom. The fourth-order valence-corrected chi connectivity index (χ4v) is 0.822. The number of methoxy groups -OCH3 is 2. The Morgan fingerprint density at radius 3 is 2.54 bits per heavy atom. The predicted molar refractivity (Wildman–Crippen MR) is 44.0 cm³/mol. The summed E-state index contributed by atoms with van der Waals surface area (Å²) in [5.74, 6) is -0.0415. The zero-order valence-corrected chi connectivity index (χ0v) is 7.18. The second-order valence-corrected chi connectivity index (χ2v) is 2.14. The van der Waals surface area contributed by atoms with Crippen LogP contribution in [0.25, 0.3) is 0 Å². The van der Waals surface area contributed by atoms with Gasteiger partial charge in [0.1, 0.15) is 0 Å². The summed E-state index contributed by atoms with van der Waals surface area (Å²) in [6, 6.07) is 2.93. The Kier molecular flexibility index (Phi) is 2.63. The minimum absolute atomic E-state index is 0.116. The molecule has 0 atom stereocenters. The van der Waals surface area contributed by atoms with Gasteiger partial charge in [0, 0.05) is 11.1 Å². The third-order valence-corrected chi connectivity index (χ3v) is 1.42. The third kappa shape index (κ3) is 1.84. The second-order valence-electron chi connectivity index (χ2n) is 2.14. The average Bonchev–Trinajstić information content (AvgIpc) is 2.16. The SMILES string of the molecule is COc1ccc(OC)c([N+](=O)[O-])n1. The number of hydrogen-bond acceptors (Lipinski definition) is 5. The highest BCUT2D eigenvalue weighted by atomic mass is 16.6. The minimum Gasteiger partial charge on any atom is -0.489 e. The van der Waals surface area contributed by atoms with Gasteiger partial charge in [-0.05, 0) is 11.0 Å². The molecule has 13 heavy (non-hydrogen) atoms. The first kappa shape index (κ1) is 9.24. The van der Waals surface area contributed by atoms with E-state index in [1.54, 1.807) is 0 Å². The molecule has 0 aliphatic heterocycles. The first-order valence-corrected chi connectivity index (χ1v) is 3.42. The smallest absolute Gasteiger partial charge is 0.409 e. The van der Waals surface area contributed by atoms with Gasteiger partial charge in [0.15, 0.2) is 0 Å². The molecule has 0 aliphatic carbocycles. The highest BCUT2D eigenvalue weighted by molar-refractivity contribution is 5.41. The lowest BCUT2D eigenvalue weighted by Crippen LogP contribution is -1.98. The number of ether oxygens (including phenoxy) is 2. The maximum Gasteiger partial charge on any atom is 0.409 e. The van der Waals surface area contributed by atoms with E-state index in [4.69, 9.17) is 9.47 Å². The van der Waals surface area contributed by atoms with Crippen molar-refractivity contribution < 1.29 is 14.4 Å². The van der Waals surface area contributed by atoms with E-state index in [1.165, 1.54) is 26.4 Å². The van der Waals surface area contributed by atoms with Gasteiger partial charge in [-0.3, -0.25) is 0 Å². The molecule has 0 spiro atoms. The molecule has 1 heterocycles. The van der Waals surface area contributed by atoms with Crippen molar-refractivity contribution in [2.45, 2.75) is 0 Å². The molecule has 1 aromatic rings. The van der Waals surface area contributed by atoms with Gasteiger partial charge in [-0.2, -0.15) is 0 Å². The molecule has 0 aromatic carbocycles. The zero-order chi connectivity index (χ0) is 9.84. The van der Waals surface area contributed by atoms with Gasteiger partial charge in [-0.1, -0.05) is 0 Å². The normalized spacial score (nSPS) is 9.38. The van der Waals surface area contributed by atoms with Gasteiger partial charge >= 0.3 is 11.7 Å². The van der Waals surface area contributed by atoms with Crippen molar-refractivity contribution in [3.8, 4) is 11.6 Å². The number of aromatic nitrogens is 1. The first-order chi connectivity index (χ1) is 6.19. The molecule has 0 aliphatic rings. The standard InChI is InChI=1S/C7H8N2O4/c1-12-5-3-4-6(13-2)8-7(5)9(10)11/h3-4H,1-2H3. The summed E-state index contributed by atoms with van der Waals surface area (Å²) in [4.78, 5) is 13.4. The van der Waals surface area contributed by atoms with E-state index in [0.29, 0.717) is 0 Å². The lowest BCUT2D eigenvalue weighted by atomic mass is 10.4. The van der Waals surface area contributed by atoms with Crippen molar-refractivity contribution in [2.24, 2.45) is 0 Å². The van der Waals surface area contributed by atoms with Crippen LogP contribution in [-0.4, -0.2) is 24.1 Å². The number of nitrogens with zero attached hydrogens (tertiary/aromatic N) is 2. The van der Waals surface area contributed by atoms with Crippen molar-refractivity contribution in [3.05, 3.63) is 22.2 Å². The van der Waals surface area contributed by atoms with E-state index in [0.717, 1.165) is 0 Å². The molecule has 0 amide bonds. The Balaban J connectivity index is 3.18. The van der Waals surface area contributed by atoms with Crippen LogP contribution in [-0.2, 0) is 0 Å². The number of pyridine rings is 1. The fourth-order valence-electron chi connectivity index (χ4n) is 0.822. The number of hydrogen-bond donors (Lipinski definition) is 0. The lowest BCUT2D eigenvalue weighted by molar-refractivity contribution is -0.390. The monoisotopic (exact) mass is 184 g/mol. The van der Waals surface area contributed by atoms with Crippen LogP contribution in [0.5, 0.6) is 11.6 Å². The maximum absolute atomic E-state index is 10.5. The Morgan fingerprint density at radius 2 is 2.08 bits per heavy atom. The summed E-state index contributed by atoms with van der Waals surface area (Å²) < 4.78 is 9.48. The van der Waals surface area contributed by atoms with Gasteiger partial charge in [0.2, 0.25) is 5.75 Å². The van der Waals surface area contributed by atoms with E-state index < -0.39 is 4.92 Å². The molecule has 6 heteroatoms. The molecule has 0 fully saturated rings. The molecule has 0 unspecified atom stereocenters. The first-order valence-electron chi connectivity index (χ1n) is 3.42. The summed E-state index contributed by atoms with van der Waals surface area (Å²) in [7, 11) is 2.73. The van der Waals surface area contributed by atoms with Crippen LogP contribution in [0.3, 0.4) is 0 Å². The van der Waals surface area contributed by atoms with Gasteiger partial charge in [-0.25, -0.2) is 0 Å². The van der Waals surface area contributed by atoms with Gasteiger partial charge < -0.3 is 19.6 Å². The Labute approximate surface area is 74.3 Å². The van der Waals surface area contributed by atoms with Crippen molar-refractivity contribution in [1.29, 1.82) is 0 Å². The Bertz CT molecular complexity index is 326. The second kappa shape index (κ2) is 3.70. The van der Waals surface area contributed by atoms with Crippen molar-refractivity contribution in [3.63, 3.8) is 0 Å². The summed E-state index contributed by atoms with van der Waals surface area (Å²) in [6.07, 6.45) is 0. The van der Waals surface area contributed by atoms with E-state index in [9.17, 15) is 10.1 Å². The summed E-state index contributed by atoms with van der Waals surface area (Å²) in [5.41, 5.74) is 0. The fraction of sp³-hybridized carbons (Fsp3) is 0.286. The van der Waals surface area contributed by atoms with Crippen LogP contribution in [0.4, 0.5) is 5.82 Å². The molecular formula is C7H8N2O4. The van der Waals surface area contributed by atoms with Gasteiger partial charge in [0.05, 0.1) is 14.2 Å². The van der Waals surface area contributed by atoms with Crippen molar-refractivity contribution in [2.75, 3.05) is 14.2 Å². The summed E-state index contributed by atoms with van der Waals surface area (Å²) in [5, 5.41) is 10.5. The van der Waals surface area contributed by atoms with Gasteiger partial charge in [0.25, 0.3) is 0 Å². The minimum atomic E-state index is -0.624. The van der Waals surface area contributed by atoms with E-state index in [1.807, 2.05) is 0 Å². The lowest BCUT2D eigenvalue weighted by Gasteiger charge is -2.00. The molecule has 0 radical (unpaired) electrons. The van der Waals surface area contributed by atoms with Crippen LogP contribution in [0, 0.1) is 10.1 Å². The quantitative estimate of drug-likeness (QED) is 0.517. The molecule has 1 aromatic heterocycles. The van der Waals surface area contributed by atoms with Crippen LogP contribution < -0.4 is 9.47 Å². The van der Waals surface area contributed by atoms with Crippen LogP contribution in [0.2, 0.25) is 0 Å². The highest BCUT2D eigenvalue weighted by Crippen LogP contribution is 2.26. The van der Waals surface area contributed by atoms with E-state index >= 15 is 0 Å². The van der Waals surface area contributed by atoms with Crippen molar-refractivity contribution in [1.82, 2.24) is 4.98 Å². The third-order valence-electron chi connectivity index (χ3n) is 1.42. The van der Waals surface area contributed by atoms with Crippen LogP contribution in [0.15, 0.2) is 12.1 Å². The molecule has 1 rings (SSSR count). The van der Waals surface area contributed by atoms with E-state index in [2.05, 4.69) is 4.98 Å².